The lowest BCUT2D eigenvalue weighted by molar-refractivity contribution is 0.0947. The fourth-order valence-electron chi connectivity index (χ4n) is 1.94. The summed E-state index contributed by atoms with van der Waals surface area (Å²) in [6, 6.07) is 7.62. The molecule has 0 saturated carbocycles. The zero-order chi connectivity index (χ0) is 16.2. The lowest BCUT2D eigenvalue weighted by atomic mass is 10.2. The highest BCUT2D eigenvalue weighted by Crippen LogP contribution is 2.17. The first kappa shape index (κ1) is 16.0. The molecule has 0 fully saturated rings. The second-order valence-corrected chi connectivity index (χ2v) is 7.11. The van der Waals surface area contributed by atoms with Gasteiger partial charge in [-0.05, 0) is 36.2 Å². The number of rotatable bonds is 5. The Morgan fingerprint density at radius 3 is 2.78 bits per heavy atom. The van der Waals surface area contributed by atoms with E-state index in [9.17, 15) is 4.79 Å². The van der Waals surface area contributed by atoms with Gasteiger partial charge in [0.2, 0.25) is 0 Å². The van der Waals surface area contributed by atoms with Crippen molar-refractivity contribution in [1.29, 1.82) is 0 Å². The van der Waals surface area contributed by atoms with Crippen LogP contribution in [0.2, 0.25) is 5.02 Å². The van der Waals surface area contributed by atoms with E-state index in [-0.39, 0.29) is 5.91 Å². The highest BCUT2D eigenvalue weighted by atomic mass is 35.5. The average molecular weight is 365 g/mol. The van der Waals surface area contributed by atoms with Crippen LogP contribution in [0.3, 0.4) is 0 Å². The maximum atomic E-state index is 12.1. The summed E-state index contributed by atoms with van der Waals surface area (Å²) < 4.78 is 3.85. The van der Waals surface area contributed by atoms with E-state index in [0.717, 1.165) is 21.1 Å². The number of aromatic nitrogens is 3. The van der Waals surface area contributed by atoms with Crippen LogP contribution < -0.4 is 5.32 Å². The smallest absolute Gasteiger partial charge is 0.271 e. The Balaban J connectivity index is 1.61. The SMILES string of the molecule is Cc1nnsc1CNC(=O)c1csc(Cc2ccc(Cl)cc2)n1. The summed E-state index contributed by atoms with van der Waals surface area (Å²) in [5.41, 5.74) is 2.40. The Morgan fingerprint density at radius 2 is 2.09 bits per heavy atom. The van der Waals surface area contributed by atoms with E-state index >= 15 is 0 Å². The second kappa shape index (κ2) is 7.16. The Morgan fingerprint density at radius 1 is 1.30 bits per heavy atom. The molecule has 5 nitrogen and oxygen atoms in total. The Kier molecular flexibility index (Phi) is 5.00. The van der Waals surface area contributed by atoms with Crippen LogP contribution in [0.25, 0.3) is 0 Å². The monoisotopic (exact) mass is 364 g/mol. The van der Waals surface area contributed by atoms with Crippen molar-refractivity contribution in [3.05, 3.63) is 61.5 Å². The molecule has 23 heavy (non-hydrogen) atoms. The molecule has 118 valence electrons. The number of carbonyl (C=O) groups is 1. The molecule has 2 aromatic heterocycles. The lowest BCUT2D eigenvalue weighted by Crippen LogP contribution is -2.23. The molecule has 2 heterocycles. The number of thiazole rings is 1. The van der Waals surface area contributed by atoms with Crippen molar-refractivity contribution in [2.45, 2.75) is 19.9 Å². The predicted molar refractivity (Wildman–Crippen MR) is 92.2 cm³/mol. The van der Waals surface area contributed by atoms with Gasteiger partial charge < -0.3 is 5.32 Å². The van der Waals surface area contributed by atoms with Crippen LogP contribution in [-0.2, 0) is 13.0 Å². The molecule has 1 aromatic carbocycles. The van der Waals surface area contributed by atoms with E-state index in [2.05, 4.69) is 19.9 Å². The summed E-state index contributed by atoms with van der Waals surface area (Å²) in [6.07, 6.45) is 0.687. The summed E-state index contributed by atoms with van der Waals surface area (Å²) in [5.74, 6) is -0.184. The zero-order valence-electron chi connectivity index (χ0n) is 12.2. The van der Waals surface area contributed by atoms with Gasteiger partial charge in [0, 0.05) is 16.8 Å². The highest BCUT2D eigenvalue weighted by Gasteiger charge is 2.12. The first-order valence-electron chi connectivity index (χ1n) is 6.86. The third-order valence-corrected chi connectivity index (χ3v) is 5.13. The molecule has 0 aliphatic carbocycles. The van der Waals surface area contributed by atoms with Crippen LogP contribution >= 0.6 is 34.5 Å². The summed E-state index contributed by atoms with van der Waals surface area (Å²) in [6.45, 7) is 2.30. The van der Waals surface area contributed by atoms with Gasteiger partial charge in [0.1, 0.15) is 5.69 Å². The van der Waals surface area contributed by atoms with E-state index in [4.69, 9.17) is 11.6 Å². The number of aryl methyl sites for hydroxylation is 1. The van der Waals surface area contributed by atoms with Gasteiger partial charge in [-0.3, -0.25) is 4.79 Å². The van der Waals surface area contributed by atoms with Gasteiger partial charge in [-0.15, -0.1) is 16.4 Å². The summed E-state index contributed by atoms with van der Waals surface area (Å²) >= 11 is 8.64. The van der Waals surface area contributed by atoms with Crippen LogP contribution in [-0.4, -0.2) is 20.5 Å². The molecule has 1 N–H and O–H groups in total. The number of hydrogen-bond acceptors (Lipinski definition) is 6. The highest BCUT2D eigenvalue weighted by molar-refractivity contribution is 7.09. The average Bonchev–Trinajstić information content (AvgIpc) is 3.16. The van der Waals surface area contributed by atoms with Gasteiger partial charge in [-0.1, -0.05) is 28.2 Å². The normalized spacial score (nSPS) is 10.7. The minimum atomic E-state index is -0.184. The molecule has 3 aromatic rings. The van der Waals surface area contributed by atoms with Crippen LogP contribution in [0, 0.1) is 6.92 Å². The van der Waals surface area contributed by atoms with Crippen molar-refractivity contribution >= 4 is 40.4 Å². The molecular weight excluding hydrogens is 352 g/mol. The minimum Gasteiger partial charge on any atom is -0.346 e. The lowest BCUT2D eigenvalue weighted by Gasteiger charge is -2.01. The molecule has 0 atom stereocenters. The molecule has 0 unspecified atom stereocenters. The van der Waals surface area contributed by atoms with Crippen molar-refractivity contribution < 1.29 is 4.79 Å². The van der Waals surface area contributed by atoms with Crippen molar-refractivity contribution in [3.63, 3.8) is 0 Å². The number of hydrogen-bond donors (Lipinski definition) is 1. The molecule has 0 saturated heterocycles. The largest absolute Gasteiger partial charge is 0.346 e. The number of nitrogens with zero attached hydrogens (tertiary/aromatic N) is 3. The molecule has 1 amide bonds. The van der Waals surface area contributed by atoms with Gasteiger partial charge in [-0.25, -0.2) is 4.98 Å². The van der Waals surface area contributed by atoms with Gasteiger partial charge in [0.15, 0.2) is 0 Å². The number of amides is 1. The standard InChI is InChI=1S/C15H13ClN4OS2/c1-9-13(23-20-19-9)7-17-15(21)12-8-22-14(18-12)6-10-2-4-11(16)5-3-10/h2-5,8H,6-7H2,1H3,(H,17,21). The van der Waals surface area contributed by atoms with E-state index in [0.29, 0.717) is 23.7 Å². The van der Waals surface area contributed by atoms with Gasteiger partial charge in [-0.2, -0.15) is 0 Å². The molecule has 3 rings (SSSR count). The molecule has 0 radical (unpaired) electrons. The summed E-state index contributed by atoms with van der Waals surface area (Å²) in [7, 11) is 0. The molecular formula is C15H13ClN4OS2. The van der Waals surface area contributed by atoms with Gasteiger partial charge >= 0.3 is 0 Å². The van der Waals surface area contributed by atoms with Crippen LogP contribution in [0.4, 0.5) is 0 Å². The van der Waals surface area contributed by atoms with Crippen molar-refractivity contribution in [3.8, 4) is 0 Å². The Hall–Kier alpha value is -1.83. The molecule has 8 heteroatoms. The van der Waals surface area contributed by atoms with Gasteiger partial charge in [0.25, 0.3) is 5.91 Å². The zero-order valence-corrected chi connectivity index (χ0v) is 14.6. The van der Waals surface area contributed by atoms with Crippen molar-refractivity contribution in [1.82, 2.24) is 19.9 Å². The fourth-order valence-corrected chi connectivity index (χ4v) is 3.44. The number of benzene rings is 1. The van der Waals surface area contributed by atoms with E-state index in [1.54, 1.807) is 5.38 Å². The van der Waals surface area contributed by atoms with E-state index < -0.39 is 0 Å². The summed E-state index contributed by atoms with van der Waals surface area (Å²) in [5, 5.41) is 10.1. The molecule has 0 bridgehead atoms. The van der Waals surface area contributed by atoms with Crippen LogP contribution in [0.1, 0.15) is 31.6 Å². The van der Waals surface area contributed by atoms with Crippen LogP contribution in [0.15, 0.2) is 29.6 Å². The number of carbonyl (C=O) groups excluding carboxylic acids is 1. The quantitative estimate of drug-likeness (QED) is 0.752. The second-order valence-electron chi connectivity index (χ2n) is 4.89. The third kappa shape index (κ3) is 4.13. The van der Waals surface area contributed by atoms with Gasteiger partial charge in [0.05, 0.1) is 22.1 Å². The minimum absolute atomic E-state index is 0.184. The maximum Gasteiger partial charge on any atom is 0.271 e. The number of halogens is 1. The fraction of sp³-hybridized carbons (Fsp3) is 0.200. The topological polar surface area (TPSA) is 67.8 Å². The van der Waals surface area contributed by atoms with Crippen molar-refractivity contribution in [2.24, 2.45) is 0 Å². The Labute approximate surface area is 146 Å². The van der Waals surface area contributed by atoms with Crippen LogP contribution in [0.5, 0.6) is 0 Å². The predicted octanol–water partition coefficient (Wildman–Crippen LogP) is 3.48. The number of nitrogens with one attached hydrogen (secondary N) is 1. The molecule has 0 spiro atoms. The van der Waals surface area contributed by atoms with Crippen molar-refractivity contribution in [2.75, 3.05) is 0 Å². The van der Waals surface area contributed by atoms with E-state index in [1.165, 1.54) is 22.9 Å². The Bertz CT molecular complexity index is 813. The molecule has 0 aliphatic rings. The summed E-state index contributed by atoms with van der Waals surface area (Å²) in [4.78, 5) is 17.5. The molecule has 0 aliphatic heterocycles. The first-order chi connectivity index (χ1) is 11.1. The maximum absolute atomic E-state index is 12.1. The van der Waals surface area contributed by atoms with E-state index in [1.807, 2.05) is 31.2 Å². The third-order valence-electron chi connectivity index (χ3n) is 3.21. The first-order valence-corrected chi connectivity index (χ1v) is 8.90.